The summed E-state index contributed by atoms with van der Waals surface area (Å²) in [4.78, 5) is 1.54. The molecule has 88 valence electrons. The molecule has 4 nitrogen and oxygen atoms in total. The van der Waals surface area contributed by atoms with Gasteiger partial charge in [-0.3, -0.25) is 0 Å². The predicted octanol–water partition coefficient (Wildman–Crippen LogP) is 2.93. The van der Waals surface area contributed by atoms with E-state index >= 15 is 0 Å². The van der Waals surface area contributed by atoms with Crippen molar-refractivity contribution in [2.45, 2.75) is 0 Å². The second-order valence-corrected chi connectivity index (χ2v) is 4.99. The lowest BCUT2D eigenvalue weighted by Gasteiger charge is -1.97. The molecular weight excluding hydrogens is 339 g/mol. The summed E-state index contributed by atoms with van der Waals surface area (Å²) in [5.74, 6) is 0.633. The number of nitrogens with zero attached hydrogens (tertiary/aromatic N) is 4. The molecule has 0 saturated heterocycles. The highest BCUT2D eigenvalue weighted by atomic mass is 127. The number of tetrazole rings is 1. The van der Waals surface area contributed by atoms with Crippen LogP contribution in [0.25, 0.3) is 17.1 Å². The second-order valence-electron chi connectivity index (χ2n) is 3.74. The lowest BCUT2D eigenvalue weighted by atomic mass is 10.2. The van der Waals surface area contributed by atoms with Crippen molar-refractivity contribution in [2.24, 2.45) is 0 Å². The fraction of sp³-hybridized carbons (Fsp3) is 0. The zero-order chi connectivity index (χ0) is 12.4. The first kappa shape index (κ1) is 11.3. The van der Waals surface area contributed by atoms with Crippen molar-refractivity contribution in [3.63, 3.8) is 0 Å². The highest BCUT2D eigenvalue weighted by Crippen LogP contribution is 2.14. The van der Waals surface area contributed by atoms with Crippen molar-refractivity contribution < 1.29 is 0 Å². The van der Waals surface area contributed by atoms with E-state index in [0.29, 0.717) is 5.82 Å². The van der Waals surface area contributed by atoms with Crippen LogP contribution in [0.2, 0.25) is 0 Å². The first-order chi connectivity index (χ1) is 8.83. The van der Waals surface area contributed by atoms with Gasteiger partial charge in [0.1, 0.15) is 0 Å². The van der Waals surface area contributed by atoms with Crippen LogP contribution in [0.4, 0.5) is 0 Å². The molecule has 0 bridgehead atoms. The Morgan fingerprint density at radius 3 is 2.33 bits per heavy atom. The van der Waals surface area contributed by atoms with Crippen molar-refractivity contribution in [1.82, 2.24) is 20.2 Å². The van der Waals surface area contributed by atoms with Gasteiger partial charge in [-0.05, 0) is 52.1 Å². The van der Waals surface area contributed by atoms with E-state index < -0.39 is 0 Å². The number of rotatable bonds is 2. The van der Waals surface area contributed by atoms with E-state index in [1.807, 2.05) is 54.6 Å². The average molecular weight is 348 g/mol. The van der Waals surface area contributed by atoms with E-state index in [2.05, 4.69) is 38.0 Å². The molecule has 0 fully saturated rings. The number of hydrogen-bond acceptors (Lipinski definition) is 3. The van der Waals surface area contributed by atoms with Crippen LogP contribution in [0.3, 0.4) is 0 Å². The predicted molar refractivity (Wildman–Crippen MR) is 77.3 cm³/mol. The Labute approximate surface area is 118 Å². The van der Waals surface area contributed by atoms with E-state index in [1.54, 1.807) is 4.80 Å². The molecule has 3 aromatic rings. The fourth-order valence-corrected chi connectivity index (χ4v) is 1.96. The molecule has 0 aliphatic carbocycles. The summed E-state index contributed by atoms with van der Waals surface area (Å²) in [6.07, 6.45) is 0. The normalized spacial score (nSPS) is 10.5. The molecule has 0 saturated carbocycles. The number of hydrogen-bond donors (Lipinski definition) is 0. The quantitative estimate of drug-likeness (QED) is 0.669. The maximum Gasteiger partial charge on any atom is 0.205 e. The van der Waals surface area contributed by atoms with Gasteiger partial charge in [-0.1, -0.05) is 30.3 Å². The third-order valence-electron chi connectivity index (χ3n) is 2.50. The SMILES string of the molecule is Ic1ccc(-n2nnc(-c3ccccc3)n2)cc1. The largest absolute Gasteiger partial charge is 0.205 e. The number of benzene rings is 2. The molecule has 0 N–H and O–H groups in total. The van der Waals surface area contributed by atoms with Gasteiger partial charge in [-0.25, -0.2) is 0 Å². The maximum atomic E-state index is 4.37. The van der Waals surface area contributed by atoms with Gasteiger partial charge in [0.15, 0.2) is 0 Å². The van der Waals surface area contributed by atoms with Gasteiger partial charge in [-0.15, -0.1) is 15.0 Å². The van der Waals surface area contributed by atoms with Crippen LogP contribution in [-0.2, 0) is 0 Å². The van der Waals surface area contributed by atoms with Crippen LogP contribution in [0.15, 0.2) is 54.6 Å². The zero-order valence-corrected chi connectivity index (χ0v) is 11.5. The second kappa shape index (κ2) is 4.85. The van der Waals surface area contributed by atoms with Gasteiger partial charge >= 0.3 is 0 Å². The zero-order valence-electron chi connectivity index (χ0n) is 9.36. The van der Waals surface area contributed by atoms with Gasteiger partial charge in [0.25, 0.3) is 0 Å². The maximum absolute atomic E-state index is 4.37. The van der Waals surface area contributed by atoms with E-state index in [4.69, 9.17) is 0 Å². The summed E-state index contributed by atoms with van der Waals surface area (Å²) in [5, 5.41) is 12.5. The van der Waals surface area contributed by atoms with Crippen molar-refractivity contribution in [2.75, 3.05) is 0 Å². The van der Waals surface area contributed by atoms with Crippen LogP contribution >= 0.6 is 22.6 Å². The summed E-state index contributed by atoms with van der Waals surface area (Å²) >= 11 is 2.26. The number of halogens is 1. The summed E-state index contributed by atoms with van der Waals surface area (Å²) in [7, 11) is 0. The Morgan fingerprint density at radius 2 is 1.61 bits per heavy atom. The summed E-state index contributed by atoms with van der Waals surface area (Å²) in [6, 6.07) is 17.8. The highest BCUT2D eigenvalue weighted by molar-refractivity contribution is 14.1. The van der Waals surface area contributed by atoms with Crippen LogP contribution in [0, 0.1) is 3.57 Å². The minimum Gasteiger partial charge on any atom is -0.130 e. The molecule has 5 heteroatoms. The van der Waals surface area contributed by atoms with Gasteiger partial charge < -0.3 is 0 Å². The molecule has 2 aromatic carbocycles. The number of aromatic nitrogens is 4. The lowest BCUT2D eigenvalue weighted by Crippen LogP contribution is -1.98. The molecule has 0 amide bonds. The molecule has 0 aliphatic heterocycles. The summed E-state index contributed by atoms with van der Waals surface area (Å²) in [5.41, 5.74) is 1.87. The molecule has 0 spiro atoms. The van der Waals surface area contributed by atoms with E-state index in [0.717, 1.165) is 11.3 Å². The van der Waals surface area contributed by atoms with Gasteiger partial charge in [0, 0.05) is 9.13 Å². The third-order valence-corrected chi connectivity index (χ3v) is 3.22. The molecule has 0 aliphatic rings. The highest BCUT2D eigenvalue weighted by Gasteiger charge is 2.06. The summed E-state index contributed by atoms with van der Waals surface area (Å²) in [6.45, 7) is 0. The van der Waals surface area contributed by atoms with E-state index in [-0.39, 0.29) is 0 Å². The van der Waals surface area contributed by atoms with Crippen LogP contribution in [0.5, 0.6) is 0 Å². The van der Waals surface area contributed by atoms with Crippen LogP contribution in [-0.4, -0.2) is 20.2 Å². The van der Waals surface area contributed by atoms with Gasteiger partial charge in [0.2, 0.25) is 5.82 Å². The first-order valence-electron chi connectivity index (χ1n) is 5.44. The van der Waals surface area contributed by atoms with Gasteiger partial charge in [0.05, 0.1) is 5.69 Å². The topological polar surface area (TPSA) is 43.6 Å². The standard InChI is InChI=1S/C13H9IN4/c14-11-6-8-12(9-7-11)18-16-13(15-17-18)10-4-2-1-3-5-10/h1-9H. The lowest BCUT2D eigenvalue weighted by molar-refractivity contribution is 0.720. The molecule has 1 aromatic heterocycles. The average Bonchev–Trinajstić information content (AvgIpc) is 2.90. The Hall–Kier alpha value is -1.76. The molecule has 0 radical (unpaired) electrons. The van der Waals surface area contributed by atoms with Crippen LogP contribution in [0.1, 0.15) is 0 Å². The van der Waals surface area contributed by atoms with Crippen molar-refractivity contribution >= 4 is 22.6 Å². The third kappa shape index (κ3) is 2.26. The van der Waals surface area contributed by atoms with Crippen molar-refractivity contribution in [3.8, 4) is 17.1 Å². The van der Waals surface area contributed by atoms with E-state index in [1.165, 1.54) is 3.57 Å². The molecule has 18 heavy (non-hydrogen) atoms. The Balaban J connectivity index is 1.97. The van der Waals surface area contributed by atoms with Crippen molar-refractivity contribution in [1.29, 1.82) is 0 Å². The smallest absolute Gasteiger partial charge is 0.130 e. The molecule has 0 unspecified atom stereocenters. The molecule has 1 heterocycles. The van der Waals surface area contributed by atoms with Gasteiger partial charge in [-0.2, -0.15) is 0 Å². The Morgan fingerprint density at radius 1 is 0.889 bits per heavy atom. The molecule has 0 atom stereocenters. The summed E-state index contributed by atoms with van der Waals surface area (Å²) < 4.78 is 1.18. The molecular formula is C13H9IN4. The minimum atomic E-state index is 0.633. The van der Waals surface area contributed by atoms with Crippen LogP contribution < -0.4 is 0 Å². The Bertz CT molecular complexity index is 646. The van der Waals surface area contributed by atoms with Crippen molar-refractivity contribution in [3.05, 3.63) is 58.2 Å². The fourth-order valence-electron chi connectivity index (χ4n) is 1.60. The first-order valence-corrected chi connectivity index (χ1v) is 6.52. The molecule has 3 rings (SSSR count). The minimum absolute atomic E-state index is 0.633. The monoisotopic (exact) mass is 348 g/mol. The Kier molecular flexibility index (Phi) is 3.06. The van der Waals surface area contributed by atoms with E-state index in [9.17, 15) is 0 Å².